The lowest BCUT2D eigenvalue weighted by molar-refractivity contribution is -0.140. The zero-order valence-electron chi connectivity index (χ0n) is 10.8. The van der Waals surface area contributed by atoms with Crippen LogP contribution in [0.3, 0.4) is 0 Å². The first-order valence-corrected chi connectivity index (χ1v) is 7.07. The number of hydrogen-bond donors (Lipinski definition) is 2. The van der Waals surface area contributed by atoms with E-state index < -0.39 is 22.2 Å². The second-order valence-corrected chi connectivity index (χ2v) is 5.78. The van der Waals surface area contributed by atoms with Crippen LogP contribution in [0.1, 0.15) is 27.2 Å². The highest BCUT2D eigenvalue weighted by molar-refractivity contribution is 7.87. The van der Waals surface area contributed by atoms with Crippen molar-refractivity contribution in [3.05, 3.63) is 0 Å². The molecule has 0 amide bonds. The summed E-state index contributed by atoms with van der Waals surface area (Å²) in [6.07, 6.45) is 0.0637. The zero-order valence-corrected chi connectivity index (χ0v) is 11.6. The van der Waals surface area contributed by atoms with E-state index >= 15 is 0 Å². The average molecular weight is 277 g/mol. The molecule has 18 heavy (non-hydrogen) atoms. The van der Waals surface area contributed by atoms with Gasteiger partial charge in [-0.2, -0.15) is 22.7 Å². The van der Waals surface area contributed by atoms with Gasteiger partial charge in [-0.3, -0.25) is 4.79 Å². The molecule has 0 aliphatic carbocycles. The standard InChI is InChI=1S/C10H19N3O4S/c1-4-13(7-5-6-11)18(16,17)12-9(8(2)3)10(14)15/h8-9,12H,4-5,7H2,1-3H3,(H,14,15)/t9-/m1/s1. The Morgan fingerprint density at radius 3 is 2.39 bits per heavy atom. The second kappa shape index (κ2) is 7.31. The number of carboxylic acids is 1. The summed E-state index contributed by atoms with van der Waals surface area (Å²) in [6, 6.07) is 0.678. The van der Waals surface area contributed by atoms with Gasteiger partial charge in [0.15, 0.2) is 0 Å². The summed E-state index contributed by atoms with van der Waals surface area (Å²) in [5, 5.41) is 17.4. The van der Waals surface area contributed by atoms with E-state index in [1.807, 2.05) is 6.07 Å². The Hall–Kier alpha value is -1.17. The lowest BCUT2D eigenvalue weighted by atomic mass is 10.1. The molecule has 0 bridgehead atoms. The molecule has 0 saturated carbocycles. The molecule has 0 aliphatic heterocycles. The zero-order chi connectivity index (χ0) is 14.3. The molecule has 0 aromatic rings. The first-order valence-electron chi connectivity index (χ1n) is 5.63. The molecule has 0 radical (unpaired) electrons. The molecule has 2 N–H and O–H groups in total. The maximum absolute atomic E-state index is 11.9. The van der Waals surface area contributed by atoms with Crippen molar-refractivity contribution in [2.24, 2.45) is 5.92 Å². The van der Waals surface area contributed by atoms with Crippen molar-refractivity contribution in [3.63, 3.8) is 0 Å². The predicted octanol–water partition coefficient (Wildman–Crippen LogP) is 0.166. The fourth-order valence-corrected chi connectivity index (χ4v) is 2.84. The van der Waals surface area contributed by atoms with Crippen LogP contribution in [0.4, 0.5) is 0 Å². The highest BCUT2D eigenvalue weighted by atomic mass is 32.2. The number of hydrogen-bond acceptors (Lipinski definition) is 4. The van der Waals surface area contributed by atoms with Crippen LogP contribution >= 0.6 is 0 Å². The molecule has 0 spiro atoms. The maximum Gasteiger partial charge on any atom is 0.322 e. The molecular formula is C10H19N3O4S. The minimum absolute atomic E-state index is 0.0484. The van der Waals surface area contributed by atoms with Gasteiger partial charge in [-0.15, -0.1) is 0 Å². The minimum Gasteiger partial charge on any atom is -0.480 e. The normalized spacial score (nSPS) is 13.6. The van der Waals surface area contributed by atoms with Gasteiger partial charge in [0, 0.05) is 19.5 Å². The third-order valence-electron chi connectivity index (χ3n) is 2.37. The van der Waals surface area contributed by atoms with Crippen LogP contribution in [0, 0.1) is 17.2 Å². The SMILES string of the molecule is CCN(CCC#N)S(=O)(=O)N[C@@H](C(=O)O)C(C)C. The number of nitriles is 1. The number of aliphatic carboxylic acids is 1. The first kappa shape index (κ1) is 16.8. The van der Waals surface area contributed by atoms with Gasteiger partial charge in [-0.25, -0.2) is 0 Å². The fourth-order valence-electron chi connectivity index (χ4n) is 1.33. The molecule has 0 aromatic carbocycles. The largest absolute Gasteiger partial charge is 0.480 e. The number of rotatable bonds is 8. The molecule has 0 aromatic heterocycles. The Kier molecular flexibility index (Phi) is 6.83. The summed E-state index contributed by atoms with van der Waals surface area (Å²) in [4.78, 5) is 10.9. The van der Waals surface area contributed by atoms with E-state index in [0.29, 0.717) is 0 Å². The molecule has 104 valence electrons. The van der Waals surface area contributed by atoms with Gasteiger partial charge in [0.1, 0.15) is 6.04 Å². The number of nitrogens with zero attached hydrogens (tertiary/aromatic N) is 2. The molecule has 8 heteroatoms. The quantitative estimate of drug-likeness (QED) is 0.657. The van der Waals surface area contributed by atoms with Crippen LogP contribution in [0.5, 0.6) is 0 Å². The molecule has 7 nitrogen and oxygen atoms in total. The maximum atomic E-state index is 11.9. The lowest BCUT2D eigenvalue weighted by Crippen LogP contribution is -2.50. The van der Waals surface area contributed by atoms with Gasteiger partial charge in [0.05, 0.1) is 6.07 Å². The van der Waals surface area contributed by atoms with Gasteiger partial charge in [0.25, 0.3) is 10.2 Å². The first-order chi connectivity index (χ1) is 8.26. The number of nitrogens with one attached hydrogen (secondary N) is 1. The molecular weight excluding hydrogens is 258 g/mol. The Morgan fingerprint density at radius 2 is 2.06 bits per heavy atom. The predicted molar refractivity (Wildman–Crippen MR) is 65.8 cm³/mol. The van der Waals surface area contributed by atoms with Crippen LogP contribution in [0.2, 0.25) is 0 Å². The number of carboxylic acid groups (broad SMARTS) is 1. The topological polar surface area (TPSA) is 111 Å². The van der Waals surface area contributed by atoms with Crippen molar-refractivity contribution in [3.8, 4) is 6.07 Å². The molecule has 0 unspecified atom stereocenters. The Labute approximate surface area is 108 Å². The van der Waals surface area contributed by atoms with Gasteiger partial charge in [-0.05, 0) is 5.92 Å². The highest BCUT2D eigenvalue weighted by Crippen LogP contribution is 2.07. The van der Waals surface area contributed by atoms with E-state index in [1.54, 1.807) is 20.8 Å². The summed E-state index contributed by atoms with van der Waals surface area (Å²) in [5.41, 5.74) is 0. The van der Waals surface area contributed by atoms with E-state index in [0.717, 1.165) is 4.31 Å². The van der Waals surface area contributed by atoms with Crippen LogP contribution in [-0.2, 0) is 15.0 Å². The smallest absolute Gasteiger partial charge is 0.322 e. The lowest BCUT2D eigenvalue weighted by Gasteiger charge is -2.24. The van der Waals surface area contributed by atoms with E-state index in [2.05, 4.69) is 4.72 Å². The van der Waals surface area contributed by atoms with Gasteiger partial charge in [0.2, 0.25) is 0 Å². The Morgan fingerprint density at radius 1 is 1.50 bits per heavy atom. The van der Waals surface area contributed by atoms with E-state index in [1.165, 1.54) is 0 Å². The van der Waals surface area contributed by atoms with Crippen molar-refractivity contribution in [2.75, 3.05) is 13.1 Å². The summed E-state index contributed by atoms with van der Waals surface area (Å²) >= 11 is 0. The van der Waals surface area contributed by atoms with Crippen LogP contribution in [0.15, 0.2) is 0 Å². The van der Waals surface area contributed by atoms with Crippen LogP contribution in [-0.4, -0.2) is 42.9 Å². The van der Waals surface area contributed by atoms with Crippen LogP contribution < -0.4 is 4.72 Å². The van der Waals surface area contributed by atoms with Crippen molar-refractivity contribution in [1.29, 1.82) is 5.26 Å². The van der Waals surface area contributed by atoms with Gasteiger partial charge in [-0.1, -0.05) is 20.8 Å². The summed E-state index contributed by atoms with van der Waals surface area (Å²) in [5.74, 6) is -1.59. The molecule has 0 rings (SSSR count). The van der Waals surface area contributed by atoms with Crippen molar-refractivity contribution >= 4 is 16.2 Å². The fraction of sp³-hybridized carbons (Fsp3) is 0.800. The summed E-state index contributed by atoms with van der Waals surface area (Å²) < 4.78 is 27.0. The van der Waals surface area contributed by atoms with Gasteiger partial charge >= 0.3 is 5.97 Å². The Balaban J connectivity index is 4.91. The second-order valence-electron chi connectivity index (χ2n) is 4.08. The van der Waals surface area contributed by atoms with E-state index in [-0.39, 0.29) is 25.4 Å². The molecule has 1 atom stereocenters. The monoisotopic (exact) mass is 277 g/mol. The van der Waals surface area contributed by atoms with E-state index in [4.69, 9.17) is 10.4 Å². The molecule has 0 aliphatic rings. The highest BCUT2D eigenvalue weighted by Gasteiger charge is 2.30. The third kappa shape index (κ3) is 5.00. The van der Waals surface area contributed by atoms with Gasteiger partial charge < -0.3 is 5.11 Å². The van der Waals surface area contributed by atoms with Crippen molar-refractivity contribution in [1.82, 2.24) is 9.03 Å². The Bertz CT molecular complexity index is 413. The van der Waals surface area contributed by atoms with Crippen LogP contribution in [0.25, 0.3) is 0 Å². The van der Waals surface area contributed by atoms with E-state index in [9.17, 15) is 13.2 Å². The number of carbonyl (C=O) groups is 1. The minimum atomic E-state index is -3.88. The average Bonchev–Trinajstić information content (AvgIpc) is 2.26. The summed E-state index contributed by atoms with van der Waals surface area (Å²) in [6.45, 7) is 5.09. The molecule has 0 heterocycles. The molecule has 0 fully saturated rings. The third-order valence-corrected chi connectivity index (χ3v) is 4.05. The summed E-state index contributed by atoms with van der Waals surface area (Å²) in [7, 11) is -3.88. The van der Waals surface area contributed by atoms with Crippen molar-refractivity contribution < 1.29 is 18.3 Å². The van der Waals surface area contributed by atoms with Crippen molar-refractivity contribution in [2.45, 2.75) is 33.2 Å². The molecule has 0 saturated heterocycles.